The lowest BCUT2D eigenvalue weighted by Crippen LogP contribution is -2.35. The van der Waals surface area contributed by atoms with Gasteiger partial charge < -0.3 is 5.32 Å². The van der Waals surface area contributed by atoms with Gasteiger partial charge in [0.15, 0.2) is 11.2 Å². The smallest absolute Gasteiger partial charge is 0.326 e. The third-order valence-corrected chi connectivity index (χ3v) is 4.44. The second-order valence-electron chi connectivity index (χ2n) is 6.62. The van der Waals surface area contributed by atoms with E-state index in [9.17, 15) is 14.4 Å². The van der Waals surface area contributed by atoms with Crippen molar-refractivity contribution in [3.63, 3.8) is 0 Å². The molecule has 0 saturated heterocycles. The minimum absolute atomic E-state index is 0.0510. The molecule has 0 saturated carbocycles. The van der Waals surface area contributed by atoms with Gasteiger partial charge in [0.05, 0.1) is 11.0 Å². The summed E-state index contributed by atoms with van der Waals surface area (Å²) < 4.78 is 1.02. The minimum Gasteiger partial charge on any atom is -0.326 e. The molecule has 1 amide bonds. The number of H-pyrrole nitrogens is 1. The number of nitrogens with zero attached hydrogens (tertiary/aromatic N) is 3. The van der Waals surface area contributed by atoms with Crippen molar-refractivity contribution in [2.75, 3.05) is 5.32 Å². The van der Waals surface area contributed by atoms with Crippen LogP contribution >= 0.6 is 0 Å². The van der Waals surface area contributed by atoms with Crippen LogP contribution in [0.1, 0.15) is 39.0 Å². The number of allylic oxidation sites excluding steroid dienone is 1. The van der Waals surface area contributed by atoms with Crippen LogP contribution in [-0.4, -0.2) is 25.4 Å². The van der Waals surface area contributed by atoms with Crippen LogP contribution in [0, 0.1) is 0 Å². The molecule has 0 unspecified atom stereocenters. The van der Waals surface area contributed by atoms with E-state index in [1.807, 2.05) is 0 Å². The predicted octanol–water partition coefficient (Wildman–Crippen LogP) is 2.73. The van der Waals surface area contributed by atoms with Crippen LogP contribution in [0.4, 0.5) is 5.69 Å². The highest BCUT2D eigenvalue weighted by atomic mass is 16.2. The Kier molecular flexibility index (Phi) is 5.98. The first-order valence-corrected chi connectivity index (χ1v) is 9.39. The standard InChI is InChI=1S/C20H23N5O3/c1-3-5-6-7-8-16(26)21-13-9-10-14-15(12-13)23-18-17(22-14)19(27)25(11-4-2)20(28)24-18/h4,9-10,12H,2-3,5-8,11H2,1H3,(H,21,26)(H,23,24,28). The number of hydrogen-bond acceptors (Lipinski definition) is 5. The van der Waals surface area contributed by atoms with Gasteiger partial charge in [0.1, 0.15) is 0 Å². The van der Waals surface area contributed by atoms with Crippen molar-refractivity contribution in [1.29, 1.82) is 0 Å². The van der Waals surface area contributed by atoms with E-state index in [0.29, 0.717) is 23.1 Å². The molecule has 28 heavy (non-hydrogen) atoms. The molecule has 0 bridgehead atoms. The number of unbranched alkanes of at least 4 members (excludes halogenated alkanes) is 3. The number of carbonyl (C=O) groups is 1. The van der Waals surface area contributed by atoms with Gasteiger partial charge in [-0.1, -0.05) is 32.3 Å². The number of anilines is 1. The highest BCUT2D eigenvalue weighted by Gasteiger charge is 2.11. The molecular weight excluding hydrogens is 358 g/mol. The van der Waals surface area contributed by atoms with Crippen molar-refractivity contribution < 1.29 is 4.79 Å². The first-order chi connectivity index (χ1) is 13.5. The number of benzene rings is 1. The molecular formula is C20H23N5O3. The molecule has 0 aliphatic rings. The summed E-state index contributed by atoms with van der Waals surface area (Å²) in [6, 6.07) is 5.09. The first kappa shape index (κ1) is 19.5. The summed E-state index contributed by atoms with van der Waals surface area (Å²) in [5.74, 6) is -0.0510. The van der Waals surface area contributed by atoms with Crippen molar-refractivity contribution in [3.05, 3.63) is 51.7 Å². The number of rotatable bonds is 8. The highest BCUT2D eigenvalue weighted by Crippen LogP contribution is 2.18. The monoisotopic (exact) mass is 381 g/mol. The quantitative estimate of drug-likeness (QED) is 0.354. The van der Waals surface area contributed by atoms with Crippen molar-refractivity contribution in [2.24, 2.45) is 0 Å². The van der Waals surface area contributed by atoms with Crippen molar-refractivity contribution >= 4 is 33.8 Å². The van der Waals surface area contributed by atoms with Gasteiger partial charge in [-0.3, -0.25) is 19.1 Å². The van der Waals surface area contributed by atoms with E-state index in [0.717, 1.165) is 30.3 Å². The molecule has 3 rings (SSSR count). The van der Waals surface area contributed by atoms with E-state index in [1.165, 1.54) is 6.08 Å². The summed E-state index contributed by atoms with van der Waals surface area (Å²) in [6.07, 6.45) is 6.08. The fourth-order valence-corrected chi connectivity index (χ4v) is 2.99. The molecule has 0 aliphatic heterocycles. The summed E-state index contributed by atoms with van der Waals surface area (Å²) in [4.78, 5) is 47.9. The van der Waals surface area contributed by atoms with E-state index in [4.69, 9.17) is 0 Å². The normalized spacial score (nSPS) is 11.0. The summed E-state index contributed by atoms with van der Waals surface area (Å²) in [7, 11) is 0. The third kappa shape index (κ3) is 4.16. The van der Waals surface area contributed by atoms with Gasteiger partial charge in [-0.05, 0) is 24.6 Å². The van der Waals surface area contributed by atoms with Gasteiger partial charge in [-0.2, -0.15) is 0 Å². The lowest BCUT2D eigenvalue weighted by molar-refractivity contribution is -0.116. The van der Waals surface area contributed by atoms with Crippen LogP contribution in [0.15, 0.2) is 40.4 Å². The second kappa shape index (κ2) is 8.60. The maximum absolute atomic E-state index is 12.5. The molecule has 2 heterocycles. The Hall–Kier alpha value is -3.29. The number of aromatic amines is 1. The van der Waals surface area contributed by atoms with Gasteiger partial charge in [-0.25, -0.2) is 14.8 Å². The number of nitrogens with one attached hydrogen (secondary N) is 2. The maximum atomic E-state index is 12.5. The molecule has 8 nitrogen and oxygen atoms in total. The maximum Gasteiger partial charge on any atom is 0.330 e. The van der Waals surface area contributed by atoms with Crippen LogP contribution in [0.5, 0.6) is 0 Å². The van der Waals surface area contributed by atoms with E-state index in [1.54, 1.807) is 18.2 Å². The molecule has 0 spiro atoms. The van der Waals surface area contributed by atoms with E-state index < -0.39 is 11.2 Å². The van der Waals surface area contributed by atoms with E-state index >= 15 is 0 Å². The Morgan fingerprint density at radius 1 is 1.21 bits per heavy atom. The zero-order valence-electron chi connectivity index (χ0n) is 15.8. The van der Waals surface area contributed by atoms with Crippen molar-refractivity contribution in [2.45, 2.75) is 45.6 Å². The first-order valence-electron chi connectivity index (χ1n) is 9.39. The highest BCUT2D eigenvalue weighted by molar-refractivity contribution is 5.93. The lowest BCUT2D eigenvalue weighted by atomic mass is 10.1. The minimum atomic E-state index is -0.567. The van der Waals surface area contributed by atoms with Gasteiger partial charge in [0.2, 0.25) is 5.91 Å². The Labute approximate surface area is 161 Å². The fraction of sp³-hybridized carbons (Fsp3) is 0.350. The molecule has 146 valence electrons. The summed E-state index contributed by atoms with van der Waals surface area (Å²) in [5.41, 5.74) is 0.701. The molecule has 0 radical (unpaired) electrons. The molecule has 3 aromatic rings. The molecule has 0 fully saturated rings. The average Bonchev–Trinajstić information content (AvgIpc) is 2.67. The van der Waals surface area contributed by atoms with Gasteiger partial charge in [0, 0.05) is 18.7 Å². The topological polar surface area (TPSA) is 110 Å². The lowest BCUT2D eigenvalue weighted by Gasteiger charge is -2.07. The molecule has 0 atom stereocenters. The Morgan fingerprint density at radius 2 is 2.04 bits per heavy atom. The molecule has 8 heteroatoms. The molecule has 1 aromatic carbocycles. The van der Waals surface area contributed by atoms with Gasteiger partial charge in [0.25, 0.3) is 5.56 Å². The zero-order chi connectivity index (χ0) is 20.1. The molecule has 0 aliphatic carbocycles. The van der Waals surface area contributed by atoms with Crippen LogP contribution in [-0.2, 0) is 11.3 Å². The van der Waals surface area contributed by atoms with Crippen molar-refractivity contribution in [1.82, 2.24) is 19.5 Å². The Bertz CT molecular complexity index is 1150. The van der Waals surface area contributed by atoms with Gasteiger partial charge >= 0.3 is 5.69 Å². The zero-order valence-corrected chi connectivity index (χ0v) is 15.8. The van der Waals surface area contributed by atoms with Crippen molar-refractivity contribution in [3.8, 4) is 0 Å². The number of carbonyl (C=O) groups excluding carboxylic acids is 1. The van der Waals surface area contributed by atoms with Crippen LogP contribution in [0.25, 0.3) is 22.2 Å². The van der Waals surface area contributed by atoms with Crippen LogP contribution < -0.4 is 16.6 Å². The average molecular weight is 381 g/mol. The van der Waals surface area contributed by atoms with E-state index in [2.05, 4.69) is 33.8 Å². The second-order valence-corrected chi connectivity index (χ2v) is 6.62. The summed E-state index contributed by atoms with van der Waals surface area (Å²) >= 11 is 0. The van der Waals surface area contributed by atoms with E-state index in [-0.39, 0.29) is 23.6 Å². The third-order valence-electron chi connectivity index (χ3n) is 4.44. The van der Waals surface area contributed by atoms with Gasteiger partial charge in [-0.15, -0.1) is 6.58 Å². The predicted molar refractivity (Wildman–Crippen MR) is 110 cm³/mol. The Balaban J connectivity index is 1.90. The van der Waals surface area contributed by atoms with Crippen LogP contribution in [0.3, 0.4) is 0 Å². The van der Waals surface area contributed by atoms with Crippen LogP contribution in [0.2, 0.25) is 0 Å². The largest absolute Gasteiger partial charge is 0.330 e. The number of fused-ring (bicyclic) bond motifs is 2. The number of amides is 1. The summed E-state index contributed by atoms with van der Waals surface area (Å²) in [6.45, 7) is 5.76. The fourth-order valence-electron chi connectivity index (χ4n) is 2.99. The summed E-state index contributed by atoms with van der Waals surface area (Å²) in [5, 5.41) is 2.85. The molecule has 2 aromatic heterocycles. The SMILES string of the molecule is C=CCn1c(=O)[nH]c2nc3cc(NC(=O)CCCCCC)ccc3nc2c1=O. The molecule has 2 N–H and O–H groups in total. The Morgan fingerprint density at radius 3 is 2.79 bits per heavy atom. The number of aromatic nitrogens is 4. The number of hydrogen-bond donors (Lipinski definition) is 2.